The number of benzene rings is 1. The van der Waals surface area contributed by atoms with Crippen LogP contribution in [-0.2, 0) is 0 Å². The van der Waals surface area contributed by atoms with Crippen molar-refractivity contribution in [2.45, 2.75) is 6.92 Å². The van der Waals surface area contributed by atoms with Crippen molar-refractivity contribution in [1.29, 1.82) is 0 Å². The number of ether oxygens (including phenoxy) is 1. The van der Waals surface area contributed by atoms with E-state index in [0.717, 1.165) is 17.0 Å². The minimum absolute atomic E-state index is 0. The lowest BCUT2D eigenvalue weighted by Gasteiger charge is -2.25. The highest BCUT2D eigenvalue weighted by Crippen LogP contribution is 2.29. The lowest BCUT2D eigenvalue weighted by molar-refractivity contribution is 0.340. The van der Waals surface area contributed by atoms with Crippen molar-refractivity contribution in [1.82, 2.24) is 14.9 Å². The molecular weight excluding hydrogens is 401 g/mol. The molecular formula is C15H22Cl3N7O. The standard InChI is InChI=1S/C15H21Cl2N7O.ClH/c1-2-25-14-9-12(10-19-21-15-22-20-11-24(15)18)3-4-13(14)23(7-5-16)8-6-17;/h3-4,9-11H,2,5-8,18H2,1H3,(H,21,22);1H/b19-10-;. The highest BCUT2D eigenvalue weighted by Gasteiger charge is 2.12. The molecule has 0 atom stereocenters. The predicted molar refractivity (Wildman–Crippen MR) is 110 cm³/mol. The molecule has 0 aliphatic rings. The van der Waals surface area contributed by atoms with Gasteiger partial charge in [0.15, 0.2) is 0 Å². The number of rotatable bonds is 10. The Bertz CT molecular complexity index is 690. The summed E-state index contributed by atoms with van der Waals surface area (Å²) in [5.41, 5.74) is 4.53. The zero-order chi connectivity index (χ0) is 18.1. The molecule has 144 valence electrons. The molecule has 0 aliphatic heterocycles. The number of nitrogen functional groups attached to an aromatic ring is 1. The van der Waals surface area contributed by atoms with Crippen LogP contribution in [0.1, 0.15) is 12.5 Å². The fourth-order valence-corrected chi connectivity index (χ4v) is 2.60. The first-order chi connectivity index (χ1) is 12.2. The van der Waals surface area contributed by atoms with E-state index < -0.39 is 0 Å². The van der Waals surface area contributed by atoms with Crippen molar-refractivity contribution in [2.75, 3.05) is 47.6 Å². The first-order valence-corrected chi connectivity index (χ1v) is 8.84. The molecule has 0 amide bonds. The summed E-state index contributed by atoms with van der Waals surface area (Å²) in [5.74, 6) is 7.71. The Labute approximate surface area is 168 Å². The molecule has 26 heavy (non-hydrogen) atoms. The van der Waals surface area contributed by atoms with Crippen LogP contribution in [-0.4, -0.2) is 52.5 Å². The molecule has 1 heterocycles. The molecule has 0 unspecified atom stereocenters. The number of nitrogens with one attached hydrogen (secondary N) is 1. The van der Waals surface area contributed by atoms with Gasteiger partial charge in [-0.15, -0.1) is 45.8 Å². The molecule has 0 saturated heterocycles. The number of aromatic nitrogens is 3. The van der Waals surface area contributed by atoms with Gasteiger partial charge in [0.25, 0.3) is 5.95 Å². The number of anilines is 2. The fraction of sp³-hybridized carbons (Fsp3) is 0.400. The average molecular weight is 423 g/mol. The van der Waals surface area contributed by atoms with Crippen molar-refractivity contribution in [3.63, 3.8) is 0 Å². The van der Waals surface area contributed by atoms with Gasteiger partial charge in [0, 0.05) is 24.8 Å². The second kappa shape index (κ2) is 11.7. The zero-order valence-electron chi connectivity index (χ0n) is 14.3. The molecule has 0 spiro atoms. The van der Waals surface area contributed by atoms with Gasteiger partial charge in [0.2, 0.25) is 0 Å². The van der Waals surface area contributed by atoms with Gasteiger partial charge in [-0.25, -0.2) is 10.1 Å². The normalized spacial score (nSPS) is 10.6. The second-order valence-corrected chi connectivity index (χ2v) is 5.71. The molecule has 2 aromatic rings. The highest BCUT2D eigenvalue weighted by atomic mass is 35.5. The Morgan fingerprint density at radius 2 is 2.08 bits per heavy atom. The maximum Gasteiger partial charge on any atom is 0.263 e. The van der Waals surface area contributed by atoms with E-state index in [1.165, 1.54) is 11.0 Å². The third kappa shape index (κ3) is 6.12. The Morgan fingerprint density at radius 3 is 2.65 bits per heavy atom. The van der Waals surface area contributed by atoms with Gasteiger partial charge in [0.05, 0.1) is 18.5 Å². The van der Waals surface area contributed by atoms with Crippen LogP contribution >= 0.6 is 35.6 Å². The summed E-state index contributed by atoms with van der Waals surface area (Å²) >= 11 is 11.8. The molecule has 0 fully saturated rings. The van der Waals surface area contributed by atoms with E-state index in [4.69, 9.17) is 33.8 Å². The largest absolute Gasteiger partial charge is 0.492 e. The zero-order valence-corrected chi connectivity index (χ0v) is 16.6. The first kappa shape index (κ1) is 22.1. The van der Waals surface area contributed by atoms with Gasteiger partial charge in [0.1, 0.15) is 12.1 Å². The molecule has 1 aromatic carbocycles. The number of alkyl halides is 2. The number of nitrogens with two attached hydrogens (primary N) is 1. The van der Waals surface area contributed by atoms with Crippen LogP contribution < -0.4 is 20.9 Å². The maximum atomic E-state index is 5.89. The Morgan fingerprint density at radius 1 is 1.35 bits per heavy atom. The average Bonchev–Trinajstić information content (AvgIpc) is 3.01. The van der Waals surface area contributed by atoms with Crippen LogP contribution in [0.3, 0.4) is 0 Å². The number of nitrogens with zero attached hydrogens (tertiary/aromatic N) is 5. The molecule has 0 saturated carbocycles. The quantitative estimate of drug-likeness (QED) is 0.264. The minimum atomic E-state index is 0. The fourth-order valence-electron chi connectivity index (χ4n) is 2.19. The number of hydrogen-bond donors (Lipinski definition) is 2. The third-order valence-electron chi connectivity index (χ3n) is 3.28. The van der Waals surface area contributed by atoms with E-state index in [9.17, 15) is 0 Å². The van der Waals surface area contributed by atoms with E-state index >= 15 is 0 Å². The predicted octanol–water partition coefficient (Wildman–Crippen LogP) is 2.54. The van der Waals surface area contributed by atoms with Crippen molar-refractivity contribution >= 4 is 53.5 Å². The molecule has 0 aliphatic carbocycles. The summed E-state index contributed by atoms with van der Waals surface area (Å²) in [7, 11) is 0. The van der Waals surface area contributed by atoms with E-state index in [1.54, 1.807) is 6.21 Å². The van der Waals surface area contributed by atoms with Crippen molar-refractivity contribution in [3.8, 4) is 5.75 Å². The summed E-state index contributed by atoms with van der Waals surface area (Å²) in [6.45, 7) is 3.87. The van der Waals surface area contributed by atoms with Crippen LogP contribution in [0.2, 0.25) is 0 Å². The topological polar surface area (TPSA) is 93.6 Å². The Balaban J connectivity index is 0.00000338. The van der Waals surface area contributed by atoms with E-state index in [0.29, 0.717) is 37.4 Å². The molecule has 8 nitrogen and oxygen atoms in total. The molecule has 3 N–H and O–H groups in total. The van der Waals surface area contributed by atoms with Crippen molar-refractivity contribution < 1.29 is 4.74 Å². The molecule has 11 heteroatoms. The maximum absolute atomic E-state index is 5.89. The first-order valence-electron chi connectivity index (χ1n) is 7.77. The minimum Gasteiger partial charge on any atom is -0.492 e. The lowest BCUT2D eigenvalue weighted by atomic mass is 10.2. The van der Waals surface area contributed by atoms with Gasteiger partial charge < -0.3 is 15.5 Å². The summed E-state index contributed by atoms with van der Waals surface area (Å²) in [6.07, 6.45) is 3.02. The molecule has 0 bridgehead atoms. The van der Waals surface area contributed by atoms with Crippen molar-refractivity contribution in [2.24, 2.45) is 5.10 Å². The van der Waals surface area contributed by atoms with Gasteiger partial charge >= 0.3 is 0 Å². The SMILES string of the molecule is CCOc1cc(/C=N\Nc2nncn2N)ccc1N(CCCl)CCCl.Cl. The smallest absolute Gasteiger partial charge is 0.263 e. The van der Waals surface area contributed by atoms with Gasteiger partial charge in [-0.05, 0) is 24.6 Å². The third-order valence-corrected chi connectivity index (χ3v) is 3.62. The van der Waals surface area contributed by atoms with Crippen molar-refractivity contribution in [3.05, 3.63) is 30.1 Å². The summed E-state index contributed by atoms with van der Waals surface area (Å²) in [4.78, 5) is 2.10. The number of hydrogen-bond acceptors (Lipinski definition) is 7. The number of halogens is 3. The lowest BCUT2D eigenvalue weighted by Crippen LogP contribution is -2.28. The summed E-state index contributed by atoms with van der Waals surface area (Å²) in [6, 6.07) is 5.81. The van der Waals surface area contributed by atoms with Crippen LogP contribution in [0, 0.1) is 0 Å². The molecule has 1 aromatic heterocycles. The Hall–Kier alpha value is -1.90. The van der Waals surface area contributed by atoms with Gasteiger partial charge in [-0.3, -0.25) is 0 Å². The molecule has 0 radical (unpaired) electrons. The summed E-state index contributed by atoms with van der Waals surface area (Å²) < 4.78 is 7.00. The van der Waals surface area contributed by atoms with E-state index in [2.05, 4.69) is 25.6 Å². The van der Waals surface area contributed by atoms with E-state index in [-0.39, 0.29) is 12.4 Å². The number of hydrazone groups is 1. The van der Waals surface area contributed by atoms with Crippen LogP contribution in [0.5, 0.6) is 5.75 Å². The summed E-state index contributed by atoms with van der Waals surface area (Å²) in [5, 5.41) is 11.5. The Kier molecular flexibility index (Phi) is 9.93. The second-order valence-electron chi connectivity index (χ2n) is 4.96. The van der Waals surface area contributed by atoms with Gasteiger partial charge in [-0.2, -0.15) is 5.10 Å². The molecule has 2 rings (SSSR count). The monoisotopic (exact) mass is 421 g/mol. The van der Waals surface area contributed by atoms with Crippen LogP contribution in [0.4, 0.5) is 11.6 Å². The van der Waals surface area contributed by atoms with Crippen LogP contribution in [0.25, 0.3) is 0 Å². The highest BCUT2D eigenvalue weighted by molar-refractivity contribution is 6.18. The van der Waals surface area contributed by atoms with E-state index in [1.807, 2.05) is 25.1 Å². The van der Waals surface area contributed by atoms with Crippen LogP contribution in [0.15, 0.2) is 29.6 Å². The van der Waals surface area contributed by atoms with Gasteiger partial charge in [-0.1, -0.05) is 6.07 Å².